The molecule has 0 aliphatic carbocycles. The van der Waals surface area contributed by atoms with Gasteiger partial charge in [-0.05, 0) is 55.0 Å². The van der Waals surface area contributed by atoms with Crippen LogP contribution in [-0.2, 0) is 11.3 Å². The minimum absolute atomic E-state index is 0.0308. The number of benzene rings is 1. The van der Waals surface area contributed by atoms with Crippen LogP contribution in [0.3, 0.4) is 0 Å². The number of nitrogens with zero attached hydrogens (tertiary/aromatic N) is 2. The molecular formula is C29H38F3N5O3. The number of anilines is 1. The number of aromatic amines is 1. The predicted molar refractivity (Wildman–Crippen MR) is 150 cm³/mol. The normalized spacial score (nSPS) is 16.9. The van der Waals surface area contributed by atoms with Crippen LogP contribution in [0.15, 0.2) is 59.7 Å². The summed E-state index contributed by atoms with van der Waals surface area (Å²) >= 11 is 0. The quantitative estimate of drug-likeness (QED) is 0.343. The van der Waals surface area contributed by atoms with E-state index in [1.807, 2.05) is 27.7 Å². The number of rotatable bonds is 7. The van der Waals surface area contributed by atoms with Gasteiger partial charge in [-0.1, -0.05) is 27.7 Å². The molecule has 2 unspecified atom stereocenters. The summed E-state index contributed by atoms with van der Waals surface area (Å²) in [6.07, 6.45) is 2.26. The fourth-order valence-electron chi connectivity index (χ4n) is 4.08. The summed E-state index contributed by atoms with van der Waals surface area (Å²) in [4.78, 5) is 33.0. The molecule has 218 valence electrons. The second-order valence-electron chi connectivity index (χ2n) is 8.65. The Hall–Kier alpha value is -3.70. The molecule has 1 aliphatic heterocycles. The van der Waals surface area contributed by atoms with E-state index < -0.39 is 35.8 Å². The van der Waals surface area contributed by atoms with E-state index in [0.717, 1.165) is 0 Å². The first-order valence-electron chi connectivity index (χ1n) is 13.4. The fourth-order valence-corrected chi connectivity index (χ4v) is 4.08. The lowest BCUT2D eigenvalue weighted by Crippen LogP contribution is -2.52. The third kappa shape index (κ3) is 8.40. The number of H-pyrrole nitrogens is 1. The van der Waals surface area contributed by atoms with Gasteiger partial charge in [0.15, 0.2) is 0 Å². The predicted octanol–water partition coefficient (Wildman–Crippen LogP) is 5.66. The van der Waals surface area contributed by atoms with Crippen molar-refractivity contribution in [1.29, 1.82) is 0 Å². The van der Waals surface area contributed by atoms with E-state index in [2.05, 4.69) is 15.3 Å². The number of aromatic nitrogens is 2. The zero-order valence-corrected chi connectivity index (χ0v) is 23.5. The average Bonchev–Trinajstić information content (AvgIpc) is 2.97. The Morgan fingerprint density at radius 3 is 2.42 bits per heavy atom. The van der Waals surface area contributed by atoms with Gasteiger partial charge in [-0.25, -0.2) is 18.2 Å². The van der Waals surface area contributed by atoms with Crippen molar-refractivity contribution < 1.29 is 22.7 Å². The monoisotopic (exact) mass is 561 g/mol. The third-order valence-corrected chi connectivity index (χ3v) is 6.25. The Bertz CT molecular complexity index is 1270. The molecule has 11 heteroatoms. The Kier molecular flexibility index (Phi) is 12.3. The van der Waals surface area contributed by atoms with Crippen molar-refractivity contribution >= 4 is 11.7 Å². The van der Waals surface area contributed by atoms with Gasteiger partial charge in [0.1, 0.15) is 23.1 Å². The van der Waals surface area contributed by atoms with Gasteiger partial charge in [-0.15, -0.1) is 0 Å². The molecule has 1 saturated heterocycles. The van der Waals surface area contributed by atoms with Crippen molar-refractivity contribution in [2.45, 2.75) is 65.5 Å². The van der Waals surface area contributed by atoms with E-state index in [-0.39, 0.29) is 42.4 Å². The molecule has 0 saturated carbocycles. The van der Waals surface area contributed by atoms with E-state index in [4.69, 9.17) is 10.5 Å². The number of carbonyl (C=O) groups is 1. The molecule has 2 aromatic heterocycles. The van der Waals surface area contributed by atoms with Gasteiger partial charge in [0, 0.05) is 37.8 Å². The van der Waals surface area contributed by atoms with Crippen LogP contribution >= 0.6 is 0 Å². The number of hydrogen-bond acceptors (Lipinski definition) is 6. The lowest BCUT2D eigenvalue weighted by Gasteiger charge is -2.40. The highest BCUT2D eigenvalue weighted by Gasteiger charge is 2.46. The molecule has 4 N–H and O–H groups in total. The maximum Gasteiger partial charge on any atom is 0.257 e. The minimum Gasteiger partial charge on any atom is -0.456 e. The van der Waals surface area contributed by atoms with E-state index in [1.54, 1.807) is 24.0 Å². The van der Waals surface area contributed by atoms with E-state index >= 15 is 0 Å². The number of ether oxygens (including phenoxy) is 1. The van der Waals surface area contributed by atoms with Crippen LogP contribution in [0.1, 0.15) is 58.1 Å². The lowest BCUT2D eigenvalue weighted by atomic mass is 9.86. The fraction of sp³-hybridized carbons (Fsp3) is 0.414. The smallest absolute Gasteiger partial charge is 0.257 e. The van der Waals surface area contributed by atoms with Crippen molar-refractivity contribution in [2.75, 3.05) is 18.4 Å². The highest BCUT2D eigenvalue weighted by atomic mass is 19.3. The second-order valence-corrected chi connectivity index (χ2v) is 8.65. The SMILES string of the molecule is CC.CC.CC(C(=O)Nc1ccc(Oc2ccc(F)cc2)cn1)N1CCC(F)(F)C(c2c[nH]c(=O)c(CN)c2)C1. The van der Waals surface area contributed by atoms with Crippen molar-refractivity contribution in [3.05, 3.63) is 82.2 Å². The zero-order chi connectivity index (χ0) is 29.9. The number of hydrogen-bond donors (Lipinski definition) is 3. The van der Waals surface area contributed by atoms with Crippen molar-refractivity contribution in [1.82, 2.24) is 14.9 Å². The molecule has 0 spiro atoms. The standard InChI is InChI=1S/C25H26F3N5O3.2C2H6/c1-15(23(34)32-22-7-6-20(13-30-22)36-19-4-2-18(26)3-5-19)33-9-8-25(27,28)21(14-33)17-10-16(11-29)24(35)31-12-17;2*1-2/h2-7,10,12-13,15,21H,8-9,11,14,29H2,1H3,(H,31,35)(H,30,32,34);2*1-2H3. The summed E-state index contributed by atoms with van der Waals surface area (Å²) in [6, 6.07) is 9.34. The first-order chi connectivity index (χ1) is 19.2. The van der Waals surface area contributed by atoms with Gasteiger partial charge in [0.25, 0.3) is 11.5 Å². The highest BCUT2D eigenvalue weighted by molar-refractivity contribution is 5.93. The molecule has 0 radical (unpaired) electrons. The summed E-state index contributed by atoms with van der Waals surface area (Å²) in [7, 11) is 0. The molecule has 3 aromatic rings. The molecule has 3 heterocycles. The molecule has 1 aromatic carbocycles. The minimum atomic E-state index is -3.00. The number of alkyl halides is 2. The molecule has 2 atom stereocenters. The Morgan fingerprint density at radius 1 is 1.18 bits per heavy atom. The number of carbonyl (C=O) groups excluding carboxylic acids is 1. The van der Waals surface area contributed by atoms with Gasteiger partial charge in [-0.2, -0.15) is 0 Å². The van der Waals surface area contributed by atoms with Gasteiger partial charge < -0.3 is 20.8 Å². The highest BCUT2D eigenvalue weighted by Crippen LogP contribution is 2.40. The number of halogens is 3. The van der Waals surface area contributed by atoms with Crippen molar-refractivity contribution in [3.8, 4) is 11.5 Å². The summed E-state index contributed by atoms with van der Waals surface area (Å²) in [5.74, 6) is -3.89. The summed E-state index contributed by atoms with van der Waals surface area (Å²) in [5.41, 5.74) is 5.65. The topological polar surface area (TPSA) is 113 Å². The maximum absolute atomic E-state index is 14.8. The number of nitrogens with one attached hydrogen (secondary N) is 2. The number of amides is 1. The van der Waals surface area contributed by atoms with Crippen LogP contribution in [0, 0.1) is 5.82 Å². The number of pyridine rings is 2. The van der Waals surface area contributed by atoms with Gasteiger partial charge in [0.05, 0.1) is 18.2 Å². The van der Waals surface area contributed by atoms with E-state index in [0.29, 0.717) is 11.5 Å². The first kappa shape index (κ1) is 32.5. The number of piperidine rings is 1. The molecule has 4 rings (SSSR count). The average molecular weight is 562 g/mol. The molecule has 8 nitrogen and oxygen atoms in total. The second kappa shape index (κ2) is 15.2. The summed E-state index contributed by atoms with van der Waals surface area (Å²) in [5, 5.41) is 2.69. The van der Waals surface area contributed by atoms with E-state index in [1.165, 1.54) is 42.7 Å². The summed E-state index contributed by atoms with van der Waals surface area (Å²) in [6.45, 7) is 9.53. The third-order valence-electron chi connectivity index (χ3n) is 6.25. The molecule has 1 amide bonds. The molecule has 1 aliphatic rings. The molecule has 0 bridgehead atoms. The maximum atomic E-state index is 14.8. The van der Waals surface area contributed by atoms with Gasteiger partial charge in [-0.3, -0.25) is 14.5 Å². The van der Waals surface area contributed by atoms with Crippen LogP contribution in [0.5, 0.6) is 11.5 Å². The molecule has 40 heavy (non-hydrogen) atoms. The van der Waals surface area contributed by atoms with Crippen LogP contribution in [0.2, 0.25) is 0 Å². The first-order valence-corrected chi connectivity index (χ1v) is 13.4. The van der Waals surface area contributed by atoms with Crippen LogP contribution < -0.4 is 21.3 Å². The number of nitrogens with two attached hydrogens (primary N) is 1. The van der Waals surface area contributed by atoms with Crippen molar-refractivity contribution in [3.63, 3.8) is 0 Å². The van der Waals surface area contributed by atoms with E-state index in [9.17, 15) is 22.8 Å². The molecule has 1 fully saturated rings. The zero-order valence-electron chi connectivity index (χ0n) is 23.5. The van der Waals surface area contributed by atoms with Crippen LogP contribution in [0.25, 0.3) is 0 Å². The van der Waals surface area contributed by atoms with Gasteiger partial charge >= 0.3 is 0 Å². The lowest BCUT2D eigenvalue weighted by molar-refractivity contribution is -0.125. The molecular weight excluding hydrogens is 523 g/mol. The van der Waals surface area contributed by atoms with Gasteiger partial charge in [0.2, 0.25) is 5.91 Å². The Labute approximate surface area is 232 Å². The summed E-state index contributed by atoms with van der Waals surface area (Å²) < 4.78 is 48.2. The largest absolute Gasteiger partial charge is 0.456 e. The Morgan fingerprint density at radius 2 is 1.82 bits per heavy atom. The number of likely N-dealkylation sites (tertiary alicyclic amines) is 1. The van der Waals surface area contributed by atoms with Crippen LogP contribution in [-0.4, -0.2) is 45.8 Å². The van der Waals surface area contributed by atoms with Crippen LogP contribution in [0.4, 0.5) is 19.0 Å². The Balaban J connectivity index is 0.00000134. The van der Waals surface area contributed by atoms with Crippen molar-refractivity contribution in [2.24, 2.45) is 5.73 Å².